The molecule has 2 aromatic carbocycles. The molecule has 3 aromatic rings. The monoisotopic (exact) mass is 404 g/mol. The number of carbonyl (C=O) groups is 2. The second-order valence-electron chi connectivity index (χ2n) is 5.25. The summed E-state index contributed by atoms with van der Waals surface area (Å²) in [5, 5.41) is 27.0. The van der Waals surface area contributed by atoms with Crippen molar-refractivity contribution in [2.24, 2.45) is 0 Å². The van der Waals surface area contributed by atoms with Crippen LogP contribution in [0.1, 0.15) is 5.56 Å². The smallest absolute Gasteiger partial charge is 0.546 e. The molecular formula is C17H11ClN2Na2O5. The van der Waals surface area contributed by atoms with Gasteiger partial charge in [-0.15, -0.1) is 5.10 Å². The van der Waals surface area contributed by atoms with Crippen LogP contribution in [0.15, 0.2) is 48.5 Å². The number of aliphatic carboxylic acids is 2. The molecule has 0 fully saturated rings. The first-order chi connectivity index (χ1) is 12.0. The number of fused-ring (bicyclic) bond motifs is 1. The van der Waals surface area contributed by atoms with Gasteiger partial charge < -0.3 is 24.5 Å². The molecule has 0 aliphatic heterocycles. The van der Waals surface area contributed by atoms with Crippen LogP contribution in [0.4, 0.5) is 0 Å². The second kappa shape index (κ2) is 10.5. The molecule has 0 unspecified atom stereocenters. The van der Waals surface area contributed by atoms with Gasteiger partial charge in [0.1, 0.15) is 0 Å². The predicted octanol–water partition coefficient (Wildman–Crippen LogP) is -6.01. The van der Waals surface area contributed by atoms with Gasteiger partial charge in [-0.05, 0) is 29.8 Å². The SMILES string of the molecule is O=C([O-])C(Oc1nn(Cc2cccc(Cl)c2)c2ccccc12)C(=O)[O-].[Na+].[Na+]. The molecule has 27 heavy (non-hydrogen) atoms. The summed E-state index contributed by atoms with van der Waals surface area (Å²) in [6, 6.07) is 14.0. The molecule has 0 aliphatic rings. The number of rotatable bonds is 6. The van der Waals surface area contributed by atoms with Gasteiger partial charge in [0.15, 0.2) is 6.10 Å². The van der Waals surface area contributed by atoms with Gasteiger partial charge in [0.25, 0.3) is 0 Å². The molecule has 1 heterocycles. The maximum atomic E-state index is 10.9. The van der Waals surface area contributed by atoms with Gasteiger partial charge in [-0.2, -0.15) is 0 Å². The number of carboxylic acids is 2. The Morgan fingerprint density at radius 1 is 1.07 bits per heavy atom. The van der Waals surface area contributed by atoms with Gasteiger partial charge >= 0.3 is 59.1 Å². The van der Waals surface area contributed by atoms with Crippen LogP contribution < -0.4 is 74.1 Å². The van der Waals surface area contributed by atoms with Crippen LogP contribution >= 0.6 is 11.6 Å². The van der Waals surface area contributed by atoms with Crippen LogP contribution in [-0.2, 0) is 16.1 Å². The minimum absolute atomic E-state index is 0. The number of halogens is 1. The summed E-state index contributed by atoms with van der Waals surface area (Å²) < 4.78 is 6.58. The van der Waals surface area contributed by atoms with E-state index in [1.165, 1.54) is 0 Å². The molecule has 0 radical (unpaired) electrons. The van der Waals surface area contributed by atoms with Crippen molar-refractivity contribution in [1.82, 2.24) is 9.78 Å². The van der Waals surface area contributed by atoms with E-state index >= 15 is 0 Å². The maximum absolute atomic E-state index is 10.9. The van der Waals surface area contributed by atoms with Crippen LogP contribution in [0.25, 0.3) is 10.9 Å². The fourth-order valence-electron chi connectivity index (χ4n) is 2.42. The largest absolute Gasteiger partial charge is 1.00 e. The molecule has 1 aromatic heterocycles. The molecule has 10 heteroatoms. The standard InChI is InChI=1S/C17H13ClN2O5.2Na/c18-11-5-3-4-10(8-11)9-20-13-7-2-1-6-12(13)15(19-20)25-14(16(21)22)17(23)24;;/h1-8,14H,9H2,(H,21,22)(H,23,24);;/q;2*+1/p-2. The molecule has 7 nitrogen and oxygen atoms in total. The number of carboxylic acid groups (broad SMARTS) is 2. The maximum Gasteiger partial charge on any atom is 1.00 e. The van der Waals surface area contributed by atoms with Gasteiger partial charge in [-0.3, -0.25) is 4.68 Å². The molecule has 0 saturated carbocycles. The Balaban J connectivity index is 0.00000182. The zero-order valence-corrected chi connectivity index (χ0v) is 19.5. The molecular weight excluding hydrogens is 394 g/mol. The summed E-state index contributed by atoms with van der Waals surface area (Å²) in [4.78, 5) is 21.8. The first-order valence-corrected chi connectivity index (χ1v) is 7.62. The number of hydrogen-bond acceptors (Lipinski definition) is 6. The van der Waals surface area contributed by atoms with Crippen LogP contribution in [0.3, 0.4) is 0 Å². The molecule has 0 N–H and O–H groups in total. The molecule has 0 saturated heterocycles. The number of carbonyl (C=O) groups excluding carboxylic acids is 2. The van der Waals surface area contributed by atoms with Gasteiger partial charge in [0.05, 0.1) is 29.4 Å². The summed E-state index contributed by atoms with van der Waals surface area (Å²) in [6.07, 6.45) is -2.25. The zero-order valence-electron chi connectivity index (χ0n) is 14.7. The van der Waals surface area contributed by atoms with E-state index in [0.29, 0.717) is 22.5 Å². The fraction of sp³-hybridized carbons (Fsp3) is 0.118. The van der Waals surface area contributed by atoms with Crippen LogP contribution in [0.2, 0.25) is 5.02 Å². The Hall–Kier alpha value is -1.06. The predicted molar refractivity (Wildman–Crippen MR) is 84.7 cm³/mol. The Labute approximate surface area is 203 Å². The van der Waals surface area contributed by atoms with Gasteiger partial charge in [-0.25, -0.2) is 0 Å². The number of ether oxygens (including phenoxy) is 1. The number of benzene rings is 2. The minimum Gasteiger partial charge on any atom is -0.546 e. The summed E-state index contributed by atoms with van der Waals surface area (Å²) in [5.41, 5.74) is 1.51. The number of para-hydroxylation sites is 1. The van der Waals surface area contributed by atoms with E-state index in [1.807, 2.05) is 6.07 Å². The molecule has 0 spiro atoms. The van der Waals surface area contributed by atoms with Crippen LogP contribution in [0.5, 0.6) is 5.88 Å². The zero-order chi connectivity index (χ0) is 18.0. The minimum atomic E-state index is -2.25. The molecule has 0 aliphatic carbocycles. The van der Waals surface area contributed by atoms with Gasteiger partial charge in [0, 0.05) is 5.02 Å². The van der Waals surface area contributed by atoms with Crippen LogP contribution in [-0.4, -0.2) is 27.8 Å². The molecule has 0 atom stereocenters. The first kappa shape index (κ1) is 24.0. The molecule has 0 amide bonds. The third-order valence-corrected chi connectivity index (χ3v) is 3.74. The average molecular weight is 405 g/mol. The van der Waals surface area contributed by atoms with E-state index in [9.17, 15) is 19.8 Å². The molecule has 3 rings (SSSR count). The van der Waals surface area contributed by atoms with E-state index in [4.69, 9.17) is 16.3 Å². The van der Waals surface area contributed by atoms with Crippen molar-refractivity contribution < 1.29 is 83.7 Å². The number of aromatic nitrogens is 2. The normalized spacial score (nSPS) is 10.1. The van der Waals surface area contributed by atoms with Crippen molar-refractivity contribution in [3.05, 3.63) is 59.1 Å². The summed E-state index contributed by atoms with van der Waals surface area (Å²) in [6.45, 7) is 0.339. The van der Waals surface area contributed by atoms with Crippen molar-refractivity contribution in [2.75, 3.05) is 0 Å². The third kappa shape index (κ3) is 5.71. The molecule has 128 valence electrons. The first-order valence-electron chi connectivity index (χ1n) is 7.24. The fourth-order valence-corrected chi connectivity index (χ4v) is 2.63. The van der Waals surface area contributed by atoms with Crippen molar-refractivity contribution in [2.45, 2.75) is 12.6 Å². The van der Waals surface area contributed by atoms with E-state index in [2.05, 4.69) is 5.10 Å². The second-order valence-corrected chi connectivity index (χ2v) is 5.68. The van der Waals surface area contributed by atoms with E-state index in [-0.39, 0.29) is 65.0 Å². The third-order valence-electron chi connectivity index (χ3n) is 3.50. The van der Waals surface area contributed by atoms with Gasteiger partial charge in [-0.1, -0.05) is 35.9 Å². The molecule has 0 bridgehead atoms. The van der Waals surface area contributed by atoms with Crippen molar-refractivity contribution in [3.63, 3.8) is 0 Å². The topological polar surface area (TPSA) is 107 Å². The van der Waals surface area contributed by atoms with Crippen molar-refractivity contribution in [3.8, 4) is 5.88 Å². The average Bonchev–Trinajstić information content (AvgIpc) is 2.90. The van der Waals surface area contributed by atoms with E-state index < -0.39 is 18.0 Å². The quantitative estimate of drug-likeness (QED) is 0.299. The Morgan fingerprint density at radius 2 is 1.74 bits per heavy atom. The summed E-state index contributed by atoms with van der Waals surface area (Å²) >= 11 is 5.97. The van der Waals surface area contributed by atoms with Crippen molar-refractivity contribution in [1.29, 1.82) is 0 Å². The Bertz CT molecular complexity index is 949. The number of hydrogen-bond donors (Lipinski definition) is 0. The van der Waals surface area contributed by atoms with E-state index in [0.717, 1.165) is 5.56 Å². The van der Waals surface area contributed by atoms with Crippen LogP contribution in [0, 0.1) is 0 Å². The summed E-state index contributed by atoms with van der Waals surface area (Å²) in [5.74, 6) is -3.95. The van der Waals surface area contributed by atoms with E-state index in [1.54, 1.807) is 47.1 Å². The summed E-state index contributed by atoms with van der Waals surface area (Å²) in [7, 11) is 0. The van der Waals surface area contributed by atoms with Crippen molar-refractivity contribution >= 4 is 34.4 Å². The van der Waals surface area contributed by atoms with Gasteiger partial charge in [0.2, 0.25) is 5.88 Å². The Morgan fingerprint density at radius 3 is 2.37 bits per heavy atom. The number of nitrogens with zero attached hydrogens (tertiary/aromatic N) is 2. The Kier molecular flexibility index (Phi) is 9.30.